The molecule has 3 heterocycles. The number of nitrogens with zero attached hydrogens (tertiary/aromatic N) is 3. The predicted molar refractivity (Wildman–Crippen MR) is 73.5 cm³/mol. The van der Waals surface area contributed by atoms with Crippen LogP contribution in [0.4, 0.5) is 5.82 Å². The summed E-state index contributed by atoms with van der Waals surface area (Å²) in [6, 6.07) is 0. The van der Waals surface area contributed by atoms with Crippen LogP contribution in [-0.2, 0) is 6.42 Å². The lowest BCUT2D eigenvalue weighted by Crippen LogP contribution is -2.30. The van der Waals surface area contributed by atoms with E-state index in [1.807, 2.05) is 13.3 Å². The zero-order valence-electron chi connectivity index (χ0n) is 10.4. The van der Waals surface area contributed by atoms with Crippen LogP contribution >= 0.6 is 11.8 Å². The Bertz CT molecular complexity index is 667. The maximum atomic E-state index is 12.4. The molecule has 0 aliphatic carbocycles. The maximum Gasteiger partial charge on any atom is 0.197 e. The molecular weight excluding hydrogens is 248 g/mol. The number of aromatic amines is 1. The summed E-state index contributed by atoms with van der Waals surface area (Å²) in [7, 11) is 2.00. The number of hydrogen-bond acceptors (Lipinski definition) is 5. The first-order chi connectivity index (χ1) is 8.70. The number of fused-ring (bicyclic) bond motifs is 2. The summed E-state index contributed by atoms with van der Waals surface area (Å²) in [5.41, 5.74) is 1.56. The van der Waals surface area contributed by atoms with E-state index in [4.69, 9.17) is 0 Å². The largest absolute Gasteiger partial charge is 0.361 e. The Hall–Kier alpha value is -1.56. The zero-order valence-corrected chi connectivity index (χ0v) is 11.2. The second-order valence-electron chi connectivity index (χ2n) is 4.43. The van der Waals surface area contributed by atoms with Gasteiger partial charge in [0.15, 0.2) is 10.6 Å². The topological polar surface area (TPSA) is 61.9 Å². The number of anilines is 1. The number of H-pyrrole nitrogens is 1. The molecule has 0 unspecified atom stereocenters. The van der Waals surface area contributed by atoms with Crippen LogP contribution in [0.2, 0.25) is 0 Å². The zero-order chi connectivity index (χ0) is 12.7. The van der Waals surface area contributed by atoms with Crippen LogP contribution in [0.5, 0.6) is 0 Å². The Morgan fingerprint density at radius 2 is 2.33 bits per heavy atom. The van der Waals surface area contributed by atoms with Crippen molar-refractivity contribution in [2.45, 2.75) is 18.0 Å². The van der Waals surface area contributed by atoms with Gasteiger partial charge in [-0.15, -0.1) is 0 Å². The van der Waals surface area contributed by atoms with Gasteiger partial charge in [-0.05, 0) is 19.1 Å². The fourth-order valence-electron chi connectivity index (χ4n) is 2.35. The van der Waals surface area contributed by atoms with Crippen molar-refractivity contribution in [2.75, 3.05) is 24.7 Å². The number of thioether (sulfide) groups is 1. The molecule has 2 aromatic rings. The molecule has 0 saturated carbocycles. The first kappa shape index (κ1) is 11.5. The van der Waals surface area contributed by atoms with Crippen LogP contribution in [0.25, 0.3) is 11.0 Å². The van der Waals surface area contributed by atoms with E-state index in [0.717, 1.165) is 30.8 Å². The highest BCUT2D eigenvalue weighted by Gasteiger charge is 2.19. The lowest BCUT2D eigenvalue weighted by molar-refractivity contribution is 0.728. The van der Waals surface area contributed by atoms with Crippen molar-refractivity contribution in [1.29, 1.82) is 0 Å². The molecule has 94 valence electrons. The fraction of sp³-hybridized carbons (Fsp3) is 0.417. The second-order valence-corrected chi connectivity index (χ2v) is 5.20. The first-order valence-electron chi connectivity index (χ1n) is 5.87. The van der Waals surface area contributed by atoms with Crippen LogP contribution in [-0.4, -0.2) is 34.8 Å². The lowest BCUT2D eigenvalue weighted by Gasteiger charge is -2.26. The van der Waals surface area contributed by atoms with E-state index < -0.39 is 0 Å². The van der Waals surface area contributed by atoms with Crippen LogP contribution in [0.15, 0.2) is 16.1 Å². The number of nitrogens with one attached hydrogen (secondary N) is 1. The van der Waals surface area contributed by atoms with Crippen molar-refractivity contribution >= 4 is 28.6 Å². The average Bonchev–Trinajstić information content (AvgIpc) is 2.40. The molecule has 0 amide bonds. The molecule has 2 aromatic heterocycles. The quantitative estimate of drug-likeness (QED) is 0.622. The van der Waals surface area contributed by atoms with Crippen molar-refractivity contribution in [3.05, 3.63) is 22.0 Å². The third kappa shape index (κ3) is 1.68. The van der Waals surface area contributed by atoms with E-state index in [9.17, 15) is 4.79 Å². The average molecular weight is 262 g/mol. The molecule has 0 saturated heterocycles. The van der Waals surface area contributed by atoms with Gasteiger partial charge in [-0.1, -0.05) is 11.8 Å². The molecule has 0 fully saturated rings. The summed E-state index contributed by atoms with van der Waals surface area (Å²) in [5.74, 6) is 0.907. The van der Waals surface area contributed by atoms with Gasteiger partial charge in [0.05, 0.1) is 5.39 Å². The van der Waals surface area contributed by atoms with E-state index in [2.05, 4.69) is 19.9 Å². The van der Waals surface area contributed by atoms with E-state index in [-0.39, 0.29) is 5.43 Å². The van der Waals surface area contributed by atoms with Crippen molar-refractivity contribution in [1.82, 2.24) is 15.0 Å². The molecule has 1 N–H and O–H groups in total. The molecule has 0 radical (unpaired) electrons. The SMILES string of the molecule is CSc1ncc2c(=O)c3c([nH]c2n1)N(C)CCC3. The molecule has 0 atom stereocenters. The molecule has 0 aromatic carbocycles. The van der Waals surface area contributed by atoms with Gasteiger partial charge in [-0.2, -0.15) is 0 Å². The smallest absolute Gasteiger partial charge is 0.197 e. The van der Waals surface area contributed by atoms with Gasteiger partial charge in [0.1, 0.15) is 11.5 Å². The minimum absolute atomic E-state index is 0.0675. The number of pyridine rings is 1. The summed E-state index contributed by atoms with van der Waals surface area (Å²) < 4.78 is 0. The van der Waals surface area contributed by atoms with E-state index >= 15 is 0 Å². The minimum Gasteiger partial charge on any atom is -0.361 e. The van der Waals surface area contributed by atoms with E-state index in [0.29, 0.717) is 16.2 Å². The number of rotatable bonds is 1. The third-order valence-electron chi connectivity index (χ3n) is 3.29. The molecule has 1 aliphatic rings. The summed E-state index contributed by atoms with van der Waals surface area (Å²) in [5, 5.41) is 1.26. The van der Waals surface area contributed by atoms with Crippen LogP contribution in [0.3, 0.4) is 0 Å². The molecule has 3 rings (SSSR count). The Balaban J connectivity index is 2.33. The molecule has 5 nitrogen and oxygen atoms in total. The van der Waals surface area contributed by atoms with Gasteiger partial charge in [0.2, 0.25) is 0 Å². The van der Waals surface area contributed by atoms with Crippen LogP contribution in [0.1, 0.15) is 12.0 Å². The standard InChI is InChI=1S/C12H14N4OS/c1-16-5-3-4-7-9(17)8-6-13-12(18-2)15-10(8)14-11(7)16/h6H,3-5H2,1-2H3,(H,13,14,15,17). The van der Waals surface area contributed by atoms with E-state index in [1.165, 1.54) is 11.8 Å². The molecule has 6 heteroatoms. The second kappa shape index (κ2) is 4.28. The van der Waals surface area contributed by atoms with Crippen molar-refractivity contribution < 1.29 is 0 Å². The highest BCUT2D eigenvalue weighted by atomic mass is 32.2. The Morgan fingerprint density at radius 1 is 1.50 bits per heavy atom. The normalized spacial score (nSPS) is 14.9. The minimum atomic E-state index is 0.0675. The summed E-state index contributed by atoms with van der Waals surface area (Å²) in [6.45, 7) is 0.967. The van der Waals surface area contributed by atoms with E-state index in [1.54, 1.807) is 6.20 Å². The molecule has 0 bridgehead atoms. The number of hydrogen-bond donors (Lipinski definition) is 1. The summed E-state index contributed by atoms with van der Waals surface area (Å²) in [6.07, 6.45) is 5.39. The maximum absolute atomic E-state index is 12.4. The fourth-order valence-corrected chi connectivity index (χ4v) is 2.69. The summed E-state index contributed by atoms with van der Waals surface area (Å²) >= 11 is 1.47. The molecule has 1 aliphatic heterocycles. The van der Waals surface area contributed by atoms with Gasteiger partial charge < -0.3 is 9.88 Å². The van der Waals surface area contributed by atoms with Gasteiger partial charge >= 0.3 is 0 Å². The Labute approximate surface area is 109 Å². The lowest BCUT2D eigenvalue weighted by atomic mass is 10.0. The highest BCUT2D eigenvalue weighted by molar-refractivity contribution is 7.98. The van der Waals surface area contributed by atoms with Gasteiger partial charge in [0, 0.05) is 25.4 Å². The summed E-state index contributed by atoms with van der Waals surface area (Å²) in [4.78, 5) is 26.3. The van der Waals surface area contributed by atoms with Crippen molar-refractivity contribution in [2.24, 2.45) is 0 Å². The van der Waals surface area contributed by atoms with Crippen molar-refractivity contribution in [3.8, 4) is 0 Å². The van der Waals surface area contributed by atoms with Crippen molar-refractivity contribution in [3.63, 3.8) is 0 Å². The molecule has 18 heavy (non-hydrogen) atoms. The number of aromatic nitrogens is 3. The molecule has 0 spiro atoms. The third-order valence-corrected chi connectivity index (χ3v) is 3.85. The van der Waals surface area contributed by atoms with Crippen LogP contribution < -0.4 is 10.3 Å². The Morgan fingerprint density at radius 3 is 3.11 bits per heavy atom. The van der Waals surface area contributed by atoms with Gasteiger partial charge in [0.25, 0.3) is 0 Å². The monoisotopic (exact) mass is 262 g/mol. The Kier molecular flexibility index (Phi) is 2.74. The first-order valence-corrected chi connectivity index (χ1v) is 7.10. The van der Waals surface area contributed by atoms with Crippen LogP contribution in [0, 0.1) is 0 Å². The highest BCUT2D eigenvalue weighted by Crippen LogP contribution is 2.23. The predicted octanol–water partition coefficient (Wildman–Crippen LogP) is 1.42. The van der Waals surface area contributed by atoms with Gasteiger partial charge in [-0.3, -0.25) is 4.79 Å². The molecular formula is C12H14N4OS. The van der Waals surface area contributed by atoms with Gasteiger partial charge in [-0.25, -0.2) is 9.97 Å².